The van der Waals surface area contributed by atoms with Crippen LogP contribution in [0.15, 0.2) is 6.07 Å². The second-order valence-electron chi connectivity index (χ2n) is 5.77. The Labute approximate surface area is 114 Å². The van der Waals surface area contributed by atoms with E-state index >= 15 is 0 Å². The molecule has 19 heavy (non-hydrogen) atoms. The number of aromatic nitrogens is 2. The molecule has 0 spiro atoms. The maximum absolute atomic E-state index is 10.0. The van der Waals surface area contributed by atoms with Gasteiger partial charge in [-0.15, -0.1) is 0 Å². The molecule has 1 aromatic rings. The molecule has 0 radical (unpaired) electrons. The summed E-state index contributed by atoms with van der Waals surface area (Å²) in [6.07, 6.45) is 3.16. The summed E-state index contributed by atoms with van der Waals surface area (Å²) in [6, 6.07) is 1.98. The summed E-state index contributed by atoms with van der Waals surface area (Å²) in [5.41, 5.74) is 0. The lowest BCUT2D eigenvalue weighted by molar-refractivity contribution is 0.102. The van der Waals surface area contributed by atoms with Crippen molar-refractivity contribution in [1.82, 2.24) is 9.97 Å². The largest absolute Gasteiger partial charge is 0.391 e. The third kappa shape index (κ3) is 2.66. The van der Waals surface area contributed by atoms with Gasteiger partial charge in [-0.1, -0.05) is 6.92 Å². The molecule has 1 saturated heterocycles. The van der Waals surface area contributed by atoms with Crippen molar-refractivity contribution in [1.29, 1.82) is 0 Å². The normalized spacial score (nSPS) is 27.4. The molecule has 2 heterocycles. The van der Waals surface area contributed by atoms with Crippen molar-refractivity contribution in [3.8, 4) is 0 Å². The second-order valence-corrected chi connectivity index (χ2v) is 5.77. The Bertz CT molecular complexity index is 461. The fourth-order valence-electron chi connectivity index (χ4n) is 2.52. The number of nitrogens with one attached hydrogen (secondary N) is 1. The maximum atomic E-state index is 10.0. The quantitative estimate of drug-likeness (QED) is 0.866. The average molecular weight is 262 g/mol. The monoisotopic (exact) mass is 262 g/mol. The zero-order valence-corrected chi connectivity index (χ0v) is 11.6. The van der Waals surface area contributed by atoms with Crippen LogP contribution in [0.2, 0.25) is 0 Å². The van der Waals surface area contributed by atoms with E-state index in [1.54, 1.807) is 0 Å². The van der Waals surface area contributed by atoms with Crippen LogP contribution in [0.3, 0.4) is 0 Å². The summed E-state index contributed by atoms with van der Waals surface area (Å²) in [4.78, 5) is 11.4. The topological polar surface area (TPSA) is 61.3 Å². The zero-order chi connectivity index (χ0) is 13.4. The van der Waals surface area contributed by atoms with Gasteiger partial charge < -0.3 is 15.3 Å². The van der Waals surface area contributed by atoms with E-state index in [1.807, 2.05) is 13.1 Å². The van der Waals surface area contributed by atoms with Crippen LogP contribution in [-0.2, 0) is 0 Å². The highest BCUT2D eigenvalue weighted by Gasteiger charge is 2.29. The first-order chi connectivity index (χ1) is 9.17. The Balaban J connectivity index is 1.84. The van der Waals surface area contributed by atoms with Gasteiger partial charge in [0.05, 0.1) is 6.10 Å². The molecule has 1 aliphatic carbocycles. The molecule has 0 amide bonds. The molecule has 3 rings (SSSR count). The molecule has 0 aromatic carbocycles. The van der Waals surface area contributed by atoms with E-state index < -0.39 is 0 Å². The van der Waals surface area contributed by atoms with E-state index in [0.29, 0.717) is 18.4 Å². The number of aliphatic hydroxyl groups excluding tert-OH is 1. The molecule has 2 atom stereocenters. The van der Waals surface area contributed by atoms with Gasteiger partial charge in [-0.05, 0) is 25.2 Å². The fourth-order valence-corrected chi connectivity index (χ4v) is 2.52. The molecule has 2 fully saturated rings. The standard InChI is InChI=1S/C14H22N4O/c1-9-5-6-18(8-11(9)19)13-7-12(15-2)16-14(17-13)10-3-4-10/h7,9-11,19H,3-6,8H2,1-2H3,(H,15,16,17). The van der Waals surface area contributed by atoms with E-state index in [0.717, 1.165) is 30.4 Å². The van der Waals surface area contributed by atoms with Gasteiger partial charge in [-0.25, -0.2) is 9.97 Å². The van der Waals surface area contributed by atoms with Crippen LogP contribution in [0.5, 0.6) is 0 Å². The van der Waals surface area contributed by atoms with Gasteiger partial charge in [0.1, 0.15) is 17.5 Å². The first-order valence-corrected chi connectivity index (χ1v) is 7.17. The molecule has 5 nitrogen and oxygen atoms in total. The highest BCUT2D eigenvalue weighted by atomic mass is 16.3. The van der Waals surface area contributed by atoms with E-state index in [1.165, 1.54) is 12.8 Å². The second kappa shape index (κ2) is 4.96. The van der Waals surface area contributed by atoms with Gasteiger partial charge in [-0.3, -0.25) is 0 Å². The Hall–Kier alpha value is -1.36. The van der Waals surface area contributed by atoms with E-state index in [2.05, 4.69) is 22.1 Å². The minimum atomic E-state index is -0.258. The summed E-state index contributed by atoms with van der Waals surface area (Å²) in [5.74, 6) is 3.70. The lowest BCUT2D eigenvalue weighted by Crippen LogP contribution is -2.43. The summed E-state index contributed by atoms with van der Waals surface area (Å²) in [5, 5.41) is 13.1. The Morgan fingerprint density at radius 3 is 2.74 bits per heavy atom. The minimum absolute atomic E-state index is 0.258. The highest BCUT2D eigenvalue weighted by molar-refractivity contribution is 5.50. The minimum Gasteiger partial charge on any atom is -0.391 e. The summed E-state index contributed by atoms with van der Waals surface area (Å²) in [7, 11) is 1.88. The summed E-state index contributed by atoms with van der Waals surface area (Å²) < 4.78 is 0. The molecule has 2 unspecified atom stereocenters. The summed E-state index contributed by atoms with van der Waals surface area (Å²) in [6.45, 7) is 3.74. The molecule has 2 aliphatic rings. The van der Waals surface area contributed by atoms with E-state index in [4.69, 9.17) is 4.98 Å². The Morgan fingerprint density at radius 2 is 2.11 bits per heavy atom. The maximum Gasteiger partial charge on any atom is 0.136 e. The van der Waals surface area contributed by atoms with Gasteiger partial charge in [0.15, 0.2) is 0 Å². The van der Waals surface area contributed by atoms with Gasteiger partial charge in [-0.2, -0.15) is 0 Å². The number of nitrogens with zero attached hydrogens (tertiary/aromatic N) is 3. The van der Waals surface area contributed by atoms with Crippen molar-refractivity contribution >= 4 is 11.6 Å². The molecule has 104 valence electrons. The van der Waals surface area contributed by atoms with Gasteiger partial charge in [0, 0.05) is 32.1 Å². The SMILES string of the molecule is CNc1cc(N2CCC(C)C(O)C2)nc(C2CC2)n1. The summed E-state index contributed by atoms with van der Waals surface area (Å²) >= 11 is 0. The van der Waals surface area contributed by atoms with Crippen LogP contribution in [0.4, 0.5) is 11.6 Å². The van der Waals surface area contributed by atoms with Crippen molar-refractivity contribution in [2.45, 2.75) is 38.2 Å². The number of hydrogen-bond acceptors (Lipinski definition) is 5. The lowest BCUT2D eigenvalue weighted by atomic mass is 9.96. The van der Waals surface area contributed by atoms with Gasteiger partial charge in [0.25, 0.3) is 0 Å². The molecule has 1 saturated carbocycles. The van der Waals surface area contributed by atoms with E-state index in [-0.39, 0.29) is 6.10 Å². The molecule has 1 aromatic heterocycles. The first kappa shape index (κ1) is 12.7. The highest BCUT2D eigenvalue weighted by Crippen LogP contribution is 2.39. The number of hydrogen-bond donors (Lipinski definition) is 2. The van der Waals surface area contributed by atoms with Crippen LogP contribution < -0.4 is 10.2 Å². The number of rotatable bonds is 3. The number of piperidine rings is 1. The van der Waals surface area contributed by atoms with Crippen molar-refractivity contribution < 1.29 is 5.11 Å². The Morgan fingerprint density at radius 1 is 1.32 bits per heavy atom. The molecule has 2 N–H and O–H groups in total. The molecular weight excluding hydrogens is 240 g/mol. The van der Waals surface area contributed by atoms with Crippen LogP contribution in [-0.4, -0.2) is 41.3 Å². The predicted molar refractivity (Wildman–Crippen MR) is 75.6 cm³/mol. The van der Waals surface area contributed by atoms with Crippen LogP contribution in [0.1, 0.15) is 37.9 Å². The van der Waals surface area contributed by atoms with Crippen molar-refractivity contribution in [2.75, 3.05) is 30.4 Å². The molecular formula is C14H22N4O. The smallest absolute Gasteiger partial charge is 0.136 e. The fraction of sp³-hybridized carbons (Fsp3) is 0.714. The molecule has 1 aliphatic heterocycles. The first-order valence-electron chi connectivity index (χ1n) is 7.17. The number of aliphatic hydroxyl groups is 1. The lowest BCUT2D eigenvalue weighted by Gasteiger charge is -2.35. The van der Waals surface area contributed by atoms with Crippen molar-refractivity contribution in [3.63, 3.8) is 0 Å². The van der Waals surface area contributed by atoms with E-state index in [9.17, 15) is 5.11 Å². The predicted octanol–water partition coefficient (Wildman–Crippen LogP) is 1.60. The third-order valence-electron chi connectivity index (χ3n) is 4.17. The number of anilines is 2. The third-order valence-corrected chi connectivity index (χ3v) is 4.17. The average Bonchev–Trinajstić information content (AvgIpc) is 3.26. The Kier molecular flexibility index (Phi) is 3.31. The van der Waals surface area contributed by atoms with Gasteiger partial charge >= 0.3 is 0 Å². The van der Waals surface area contributed by atoms with Crippen LogP contribution >= 0.6 is 0 Å². The zero-order valence-electron chi connectivity index (χ0n) is 11.6. The molecule has 5 heteroatoms. The van der Waals surface area contributed by atoms with Crippen LogP contribution in [0, 0.1) is 5.92 Å². The van der Waals surface area contributed by atoms with Gasteiger partial charge in [0.2, 0.25) is 0 Å². The number of β-amino-alcohol motifs (C(OH)–C–C–N with tert-alkyl or cyclic N) is 1. The van der Waals surface area contributed by atoms with Crippen molar-refractivity contribution in [3.05, 3.63) is 11.9 Å². The van der Waals surface area contributed by atoms with Crippen LogP contribution in [0.25, 0.3) is 0 Å². The van der Waals surface area contributed by atoms with Crippen molar-refractivity contribution in [2.24, 2.45) is 5.92 Å². The molecule has 0 bridgehead atoms.